The Hall–Kier alpha value is -2.02. The summed E-state index contributed by atoms with van der Waals surface area (Å²) in [5.74, 6) is 0.148. The number of ether oxygens (including phenoxy) is 1. The molecule has 3 aromatic carbocycles. The molecule has 0 saturated heterocycles. The van der Waals surface area contributed by atoms with E-state index >= 15 is 0 Å². The maximum atomic E-state index is 11.4. The van der Waals surface area contributed by atoms with Gasteiger partial charge in [0.1, 0.15) is 5.73 Å². The van der Waals surface area contributed by atoms with Crippen molar-refractivity contribution in [2.75, 3.05) is 0 Å². The summed E-state index contributed by atoms with van der Waals surface area (Å²) in [6, 6.07) is 16.8. The Balaban J connectivity index is 2.12. The fraction of sp³-hybridized carbons (Fsp3) is 0.0476. The first-order valence-electron chi connectivity index (χ1n) is 8.62. The molecule has 3 aromatic rings. The summed E-state index contributed by atoms with van der Waals surface area (Å²) in [4.78, 5) is 10.9. The molecular formula is C21H14Cl4NO3Si. The third-order valence-corrected chi connectivity index (χ3v) is 8.54. The zero-order chi connectivity index (χ0) is 21.8. The Kier molecular flexibility index (Phi) is 7.44. The molecule has 0 bridgehead atoms. The largest absolute Gasteiger partial charge is 0.483 e. The standard InChI is InChI=1S/C21H14Cl4NO3Si/c1-2-21(29-20-6-4-3-5-19(20)26(27)28)30(13-7-9-15(22)17(24)11-13)14-8-10-16(23)18(25)12-14/h2-12,21H,1H2. The molecule has 1 unspecified atom stereocenters. The van der Waals surface area contributed by atoms with Crippen LogP contribution in [0.3, 0.4) is 0 Å². The van der Waals surface area contributed by atoms with E-state index in [0.717, 1.165) is 10.4 Å². The summed E-state index contributed by atoms with van der Waals surface area (Å²) in [5.41, 5.74) is -0.709. The van der Waals surface area contributed by atoms with Crippen molar-refractivity contribution < 1.29 is 9.66 Å². The Bertz CT molecular complexity index is 1060. The second-order valence-electron chi connectivity index (χ2n) is 6.17. The summed E-state index contributed by atoms with van der Waals surface area (Å²) in [6.07, 6.45) is 1.62. The topological polar surface area (TPSA) is 52.4 Å². The van der Waals surface area contributed by atoms with Crippen molar-refractivity contribution >= 4 is 71.3 Å². The molecule has 0 aliphatic carbocycles. The predicted octanol–water partition coefficient (Wildman–Crippen LogP) is 5.99. The Morgan fingerprint density at radius 3 is 1.90 bits per heavy atom. The van der Waals surface area contributed by atoms with Gasteiger partial charge in [-0.3, -0.25) is 10.1 Å². The molecule has 0 spiro atoms. The van der Waals surface area contributed by atoms with Gasteiger partial charge >= 0.3 is 5.69 Å². The van der Waals surface area contributed by atoms with Crippen LogP contribution in [0.5, 0.6) is 5.75 Å². The van der Waals surface area contributed by atoms with Gasteiger partial charge < -0.3 is 4.74 Å². The number of hydrogen-bond acceptors (Lipinski definition) is 3. The van der Waals surface area contributed by atoms with Crippen molar-refractivity contribution in [1.82, 2.24) is 0 Å². The molecule has 0 heterocycles. The van der Waals surface area contributed by atoms with Crippen LogP contribution in [-0.2, 0) is 0 Å². The summed E-state index contributed by atoms with van der Waals surface area (Å²) in [5, 5.41) is 14.8. The van der Waals surface area contributed by atoms with Gasteiger partial charge in [-0.05, 0) is 30.3 Å². The van der Waals surface area contributed by atoms with Gasteiger partial charge in [-0.15, -0.1) is 0 Å². The number of para-hydroxylation sites is 2. The summed E-state index contributed by atoms with van der Waals surface area (Å²) in [7, 11) is -1.75. The van der Waals surface area contributed by atoms with Gasteiger partial charge in [-0.1, -0.05) is 93.7 Å². The van der Waals surface area contributed by atoms with Gasteiger partial charge in [0, 0.05) is 6.07 Å². The number of nitro groups is 1. The SMILES string of the molecule is C=CC(Oc1ccccc1[N+](=O)[O-])[Si](c1ccc(Cl)c(Cl)c1)c1ccc(Cl)c(Cl)c1. The minimum atomic E-state index is -1.75. The number of rotatable bonds is 7. The molecule has 0 N–H and O–H groups in total. The number of hydrogen-bond donors (Lipinski definition) is 0. The predicted molar refractivity (Wildman–Crippen MR) is 126 cm³/mol. The van der Waals surface area contributed by atoms with Crippen LogP contribution in [0, 0.1) is 10.1 Å². The molecule has 1 radical (unpaired) electrons. The monoisotopic (exact) mass is 496 g/mol. The first-order chi connectivity index (χ1) is 14.3. The van der Waals surface area contributed by atoms with E-state index in [9.17, 15) is 10.1 Å². The van der Waals surface area contributed by atoms with Crippen molar-refractivity contribution in [3.8, 4) is 5.75 Å². The van der Waals surface area contributed by atoms with Crippen LogP contribution >= 0.6 is 46.4 Å². The average molecular weight is 498 g/mol. The minimum absolute atomic E-state index is 0.131. The molecular weight excluding hydrogens is 484 g/mol. The van der Waals surface area contributed by atoms with Crippen LogP contribution in [-0.4, -0.2) is 19.4 Å². The van der Waals surface area contributed by atoms with Crippen molar-refractivity contribution in [3.63, 3.8) is 0 Å². The summed E-state index contributed by atoms with van der Waals surface area (Å²) >= 11 is 24.7. The molecule has 153 valence electrons. The average Bonchev–Trinajstić information content (AvgIpc) is 2.72. The highest BCUT2D eigenvalue weighted by Gasteiger charge is 2.30. The van der Waals surface area contributed by atoms with Crippen LogP contribution in [0.25, 0.3) is 0 Å². The summed E-state index contributed by atoms with van der Waals surface area (Å²) < 4.78 is 6.10. The molecule has 3 rings (SSSR count). The number of halogens is 4. The van der Waals surface area contributed by atoms with Crippen LogP contribution in [0.1, 0.15) is 0 Å². The van der Waals surface area contributed by atoms with Crippen molar-refractivity contribution in [3.05, 3.63) is 104 Å². The molecule has 0 aliphatic heterocycles. The molecule has 1 atom stereocenters. The van der Waals surface area contributed by atoms with Gasteiger partial charge in [-0.25, -0.2) is 0 Å². The summed E-state index contributed by atoms with van der Waals surface area (Å²) in [6.45, 7) is 3.90. The normalized spacial score (nSPS) is 11.9. The highest BCUT2D eigenvalue weighted by molar-refractivity contribution is 6.87. The van der Waals surface area contributed by atoms with Crippen LogP contribution in [0.4, 0.5) is 5.69 Å². The molecule has 0 saturated carbocycles. The third-order valence-electron chi connectivity index (χ3n) is 4.28. The van der Waals surface area contributed by atoms with Crippen molar-refractivity contribution in [1.29, 1.82) is 0 Å². The highest BCUT2D eigenvalue weighted by atomic mass is 35.5. The second kappa shape index (κ2) is 9.86. The van der Waals surface area contributed by atoms with Gasteiger partial charge in [0.25, 0.3) is 0 Å². The fourth-order valence-corrected chi connectivity index (χ4v) is 6.27. The first-order valence-corrected chi connectivity index (χ1v) is 11.7. The van der Waals surface area contributed by atoms with E-state index in [1.165, 1.54) is 6.07 Å². The molecule has 0 aliphatic rings. The number of nitrogens with zero attached hydrogens (tertiary/aromatic N) is 1. The van der Waals surface area contributed by atoms with E-state index in [1.807, 2.05) is 12.1 Å². The second-order valence-corrected chi connectivity index (χ2v) is 10.4. The van der Waals surface area contributed by atoms with E-state index in [0.29, 0.717) is 20.1 Å². The van der Waals surface area contributed by atoms with E-state index in [1.54, 1.807) is 48.5 Å². The number of benzene rings is 3. The quantitative estimate of drug-likeness (QED) is 0.174. The van der Waals surface area contributed by atoms with Crippen LogP contribution in [0.2, 0.25) is 20.1 Å². The molecule has 0 aromatic heterocycles. The zero-order valence-electron chi connectivity index (χ0n) is 15.3. The maximum Gasteiger partial charge on any atom is 0.310 e. The lowest BCUT2D eigenvalue weighted by atomic mass is 10.3. The van der Waals surface area contributed by atoms with Crippen LogP contribution in [0.15, 0.2) is 73.3 Å². The lowest BCUT2D eigenvalue weighted by Crippen LogP contribution is -2.53. The van der Waals surface area contributed by atoms with E-state index < -0.39 is 19.4 Å². The zero-order valence-corrected chi connectivity index (χ0v) is 19.3. The van der Waals surface area contributed by atoms with Gasteiger partial charge in [0.15, 0.2) is 14.5 Å². The van der Waals surface area contributed by atoms with Gasteiger partial charge in [0.2, 0.25) is 0 Å². The van der Waals surface area contributed by atoms with Crippen molar-refractivity contribution in [2.24, 2.45) is 0 Å². The lowest BCUT2D eigenvalue weighted by molar-refractivity contribution is -0.385. The maximum absolute atomic E-state index is 11.4. The molecule has 30 heavy (non-hydrogen) atoms. The van der Waals surface area contributed by atoms with Gasteiger partial charge in [-0.2, -0.15) is 0 Å². The van der Waals surface area contributed by atoms with Gasteiger partial charge in [0.05, 0.1) is 25.0 Å². The molecule has 0 amide bonds. The molecule has 9 heteroatoms. The Morgan fingerprint density at radius 1 is 0.900 bits per heavy atom. The first kappa shape index (κ1) is 22.7. The fourth-order valence-electron chi connectivity index (χ4n) is 2.89. The minimum Gasteiger partial charge on any atom is -0.483 e. The third kappa shape index (κ3) is 4.99. The lowest BCUT2D eigenvalue weighted by Gasteiger charge is -2.25. The van der Waals surface area contributed by atoms with E-state index in [2.05, 4.69) is 6.58 Å². The van der Waals surface area contributed by atoms with Crippen molar-refractivity contribution in [2.45, 2.75) is 5.73 Å². The molecule has 0 fully saturated rings. The van der Waals surface area contributed by atoms with E-state index in [4.69, 9.17) is 51.1 Å². The smallest absolute Gasteiger partial charge is 0.310 e. The molecule has 4 nitrogen and oxygen atoms in total. The Labute approximate surface area is 195 Å². The Morgan fingerprint density at radius 2 is 1.43 bits per heavy atom. The number of nitro benzene ring substituents is 1. The van der Waals surface area contributed by atoms with Crippen LogP contribution < -0.4 is 15.1 Å². The highest BCUT2D eigenvalue weighted by Crippen LogP contribution is 2.28. The van der Waals surface area contributed by atoms with E-state index in [-0.39, 0.29) is 11.4 Å².